The van der Waals surface area contributed by atoms with Gasteiger partial charge in [-0.3, -0.25) is 18.8 Å². The van der Waals surface area contributed by atoms with Gasteiger partial charge in [0.15, 0.2) is 4.96 Å². The van der Waals surface area contributed by atoms with Crippen molar-refractivity contribution in [3.63, 3.8) is 0 Å². The van der Waals surface area contributed by atoms with E-state index in [1.807, 2.05) is 55.8 Å². The predicted octanol–water partition coefficient (Wildman–Crippen LogP) is 4.44. The van der Waals surface area contributed by atoms with E-state index in [4.69, 9.17) is 0 Å². The number of nitrogens with one attached hydrogen (secondary N) is 3. The molecule has 9 heteroatoms. The molecule has 2 heterocycles. The van der Waals surface area contributed by atoms with Gasteiger partial charge in [0.05, 0.1) is 12.1 Å². The van der Waals surface area contributed by atoms with Crippen molar-refractivity contribution in [2.45, 2.75) is 34.1 Å². The van der Waals surface area contributed by atoms with Crippen molar-refractivity contribution in [3.8, 4) is 11.3 Å². The Kier molecular flexibility index (Phi) is 7.73. The smallest absolute Gasteiger partial charge is 0.251 e. The van der Waals surface area contributed by atoms with Crippen LogP contribution in [0.25, 0.3) is 16.2 Å². The van der Waals surface area contributed by atoms with Crippen LogP contribution in [0.3, 0.4) is 0 Å². The Morgan fingerprint density at radius 1 is 0.946 bits per heavy atom. The fourth-order valence-corrected chi connectivity index (χ4v) is 4.42. The van der Waals surface area contributed by atoms with Gasteiger partial charge in [-0.05, 0) is 31.2 Å². The molecule has 4 aromatic rings. The van der Waals surface area contributed by atoms with Crippen LogP contribution >= 0.6 is 11.3 Å². The Morgan fingerprint density at radius 2 is 1.62 bits per heavy atom. The lowest BCUT2D eigenvalue weighted by molar-refractivity contribution is -0.123. The lowest BCUT2D eigenvalue weighted by atomic mass is 9.95. The first-order valence-corrected chi connectivity index (χ1v) is 13.0. The Bertz CT molecular complexity index is 1410. The molecule has 0 aliphatic heterocycles. The molecule has 0 aliphatic rings. The fraction of sp³-hybridized carbons (Fsp3) is 0.286. The summed E-state index contributed by atoms with van der Waals surface area (Å²) in [5.74, 6) is -0.466. The van der Waals surface area contributed by atoms with E-state index in [1.165, 1.54) is 16.9 Å². The molecule has 0 radical (unpaired) electrons. The van der Waals surface area contributed by atoms with Gasteiger partial charge in [-0.2, -0.15) is 0 Å². The highest BCUT2D eigenvalue weighted by Gasteiger charge is 2.21. The maximum atomic E-state index is 12.5. The van der Waals surface area contributed by atoms with Gasteiger partial charge in [0.1, 0.15) is 0 Å². The second-order valence-corrected chi connectivity index (χ2v) is 10.8. The summed E-state index contributed by atoms with van der Waals surface area (Å²) in [5.41, 5.74) is 4.58. The number of rotatable bonds is 8. The molecule has 0 atom stereocenters. The number of thiazole rings is 1. The number of aryl methyl sites for hydroxylation is 1. The number of hydrogen-bond donors (Lipinski definition) is 3. The maximum absolute atomic E-state index is 12.5. The molecule has 3 amide bonds. The summed E-state index contributed by atoms with van der Waals surface area (Å²) in [5, 5.41) is 10.4. The first-order chi connectivity index (χ1) is 17.6. The molecule has 0 bridgehead atoms. The standard InChI is InChI=1S/C28H31N5O3S/c1-18-5-7-19(8-6-18)23-16-33-22(17-37-27(33)32-23)15-24(34)29-13-14-30-25(35)20-9-11-21(12-10-20)31-26(36)28(2,3)4/h5-12,16-17H,13-15H2,1-4H3,(H,29,34)(H,30,35)(H,31,36). The monoisotopic (exact) mass is 517 g/mol. The number of fused-ring (bicyclic) bond motifs is 1. The minimum Gasteiger partial charge on any atom is -0.354 e. The van der Waals surface area contributed by atoms with Crippen LogP contribution in [0.4, 0.5) is 5.69 Å². The predicted molar refractivity (Wildman–Crippen MR) is 147 cm³/mol. The van der Waals surface area contributed by atoms with Crippen LogP contribution in [0.2, 0.25) is 0 Å². The molecule has 192 valence electrons. The first-order valence-electron chi connectivity index (χ1n) is 12.1. The van der Waals surface area contributed by atoms with Gasteiger partial charge in [0.2, 0.25) is 11.8 Å². The van der Waals surface area contributed by atoms with E-state index >= 15 is 0 Å². The van der Waals surface area contributed by atoms with Crippen LogP contribution in [0.15, 0.2) is 60.1 Å². The van der Waals surface area contributed by atoms with Gasteiger partial charge >= 0.3 is 0 Å². The summed E-state index contributed by atoms with van der Waals surface area (Å²) < 4.78 is 1.95. The van der Waals surface area contributed by atoms with Crippen LogP contribution in [0.5, 0.6) is 0 Å². The fourth-order valence-electron chi connectivity index (χ4n) is 3.55. The van der Waals surface area contributed by atoms with Crippen LogP contribution in [-0.4, -0.2) is 40.2 Å². The lowest BCUT2D eigenvalue weighted by Crippen LogP contribution is -2.35. The third-order valence-corrected chi connectivity index (χ3v) is 6.68. The van der Waals surface area contributed by atoms with Gasteiger partial charge in [-0.15, -0.1) is 11.3 Å². The second kappa shape index (κ2) is 11.0. The maximum Gasteiger partial charge on any atom is 0.251 e. The zero-order chi connectivity index (χ0) is 26.6. The molecular weight excluding hydrogens is 486 g/mol. The first kappa shape index (κ1) is 26.1. The molecular formula is C28H31N5O3S. The number of carbonyl (C=O) groups excluding carboxylic acids is 3. The summed E-state index contributed by atoms with van der Waals surface area (Å²) >= 11 is 1.50. The second-order valence-electron chi connectivity index (χ2n) is 9.94. The van der Waals surface area contributed by atoms with Gasteiger partial charge in [0.25, 0.3) is 5.91 Å². The molecule has 2 aromatic carbocycles. The third-order valence-electron chi connectivity index (χ3n) is 5.79. The highest BCUT2D eigenvalue weighted by Crippen LogP contribution is 2.24. The number of hydrogen-bond acceptors (Lipinski definition) is 5. The van der Waals surface area contributed by atoms with Crippen LogP contribution < -0.4 is 16.0 Å². The topological polar surface area (TPSA) is 105 Å². The summed E-state index contributed by atoms with van der Waals surface area (Å²) in [6.07, 6.45) is 2.18. The molecule has 37 heavy (non-hydrogen) atoms. The van der Waals surface area contributed by atoms with Gasteiger partial charge in [0, 0.05) is 52.6 Å². The SMILES string of the molecule is Cc1ccc(-c2cn3c(CC(=O)NCCNC(=O)c4ccc(NC(=O)C(C)(C)C)cc4)csc3n2)cc1. The highest BCUT2D eigenvalue weighted by molar-refractivity contribution is 7.15. The molecule has 0 saturated carbocycles. The third kappa shape index (κ3) is 6.62. The van der Waals surface area contributed by atoms with Gasteiger partial charge < -0.3 is 16.0 Å². The summed E-state index contributed by atoms with van der Waals surface area (Å²) in [7, 11) is 0. The molecule has 2 aromatic heterocycles. The van der Waals surface area contributed by atoms with Gasteiger partial charge in [-0.1, -0.05) is 50.6 Å². The molecule has 4 rings (SSSR count). The van der Waals surface area contributed by atoms with Crippen LogP contribution in [0.1, 0.15) is 42.4 Å². The van der Waals surface area contributed by atoms with Crippen LogP contribution in [-0.2, 0) is 16.0 Å². The van der Waals surface area contributed by atoms with E-state index in [0.29, 0.717) is 24.3 Å². The number of carbonyl (C=O) groups is 3. The summed E-state index contributed by atoms with van der Waals surface area (Å²) in [6, 6.07) is 14.9. The minimum absolute atomic E-state index is 0.0941. The van der Waals surface area contributed by atoms with E-state index < -0.39 is 5.41 Å². The van der Waals surface area contributed by atoms with E-state index in [9.17, 15) is 14.4 Å². The van der Waals surface area contributed by atoms with E-state index in [1.54, 1.807) is 24.3 Å². The molecule has 0 spiro atoms. The van der Waals surface area contributed by atoms with Crippen molar-refractivity contribution in [2.75, 3.05) is 18.4 Å². The lowest BCUT2D eigenvalue weighted by Gasteiger charge is -2.17. The largest absolute Gasteiger partial charge is 0.354 e. The average molecular weight is 518 g/mol. The average Bonchev–Trinajstić information content (AvgIpc) is 3.44. The van der Waals surface area contributed by atoms with Crippen molar-refractivity contribution in [1.82, 2.24) is 20.0 Å². The number of benzene rings is 2. The summed E-state index contributed by atoms with van der Waals surface area (Å²) in [4.78, 5) is 42.5. The number of aromatic nitrogens is 2. The number of imidazole rings is 1. The van der Waals surface area contributed by atoms with Crippen molar-refractivity contribution < 1.29 is 14.4 Å². The Hall–Kier alpha value is -3.98. The zero-order valence-electron chi connectivity index (χ0n) is 21.4. The Morgan fingerprint density at radius 3 is 2.30 bits per heavy atom. The molecule has 0 fully saturated rings. The highest BCUT2D eigenvalue weighted by atomic mass is 32.1. The zero-order valence-corrected chi connectivity index (χ0v) is 22.2. The molecule has 0 saturated heterocycles. The van der Waals surface area contributed by atoms with Crippen molar-refractivity contribution in [2.24, 2.45) is 5.41 Å². The van der Waals surface area contributed by atoms with E-state index in [0.717, 1.165) is 21.9 Å². The molecule has 8 nitrogen and oxygen atoms in total. The normalized spacial score (nSPS) is 11.4. The van der Waals surface area contributed by atoms with E-state index in [2.05, 4.69) is 33.1 Å². The quantitative estimate of drug-likeness (QED) is 0.301. The number of nitrogens with zero attached hydrogens (tertiary/aromatic N) is 2. The van der Waals surface area contributed by atoms with E-state index in [-0.39, 0.29) is 24.1 Å². The minimum atomic E-state index is -0.501. The number of amides is 3. The Balaban J connectivity index is 1.24. The summed E-state index contributed by atoms with van der Waals surface area (Å²) in [6.45, 7) is 8.17. The molecule has 3 N–H and O–H groups in total. The van der Waals surface area contributed by atoms with Crippen molar-refractivity contribution >= 4 is 39.7 Å². The van der Waals surface area contributed by atoms with Crippen LogP contribution in [0, 0.1) is 12.3 Å². The van der Waals surface area contributed by atoms with Crippen molar-refractivity contribution in [1.29, 1.82) is 0 Å². The van der Waals surface area contributed by atoms with Gasteiger partial charge in [-0.25, -0.2) is 4.98 Å². The molecule has 0 unspecified atom stereocenters. The van der Waals surface area contributed by atoms with Crippen molar-refractivity contribution in [3.05, 3.63) is 76.9 Å². The number of anilines is 1. The Labute approximate surface area is 220 Å². The molecule has 0 aliphatic carbocycles.